The third-order valence-corrected chi connectivity index (χ3v) is 6.20. The van der Waals surface area contributed by atoms with E-state index in [4.69, 9.17) is 4.42 Å². The second-order valence-electron chi connectivity index (χ2n) is 7.04. The summed E-state index contributed by atoms with van der Waals surface area (Å²) in [5, 5.41) is 5.82. The first-order chi connectivity index (χ1) is 14.9. The van der Waals surface area contributed by atoms with Crippen molar-refractivity contribution in [3.8, 4) is 10.7 Å². The highest BCUT2D eigenvalue weighted by molar-refractivity contribution is 7.19. The Hall–Kier alpha value is -3.59. The third-order valence-electron chi connectivity index (χ3n) is 5.13. The predicted octanol–water partition coefficient (Wildman–Crippen LogP) is 6.17. The molecule has 0 atom stereocenters. The van der Waals surface area contributed by atoms with Crippen LogP contribution in [0.25, 0.3) is 32.4 Å². The van der Waals surface area contributed by atoms with E-state index in [2.05, 4.69) is 15.3 Å². The number of benzene rings is 2. The second kappa shape index (κ2) is 7.28. The van der Waals surface area contributed by atoms with E-state index in [-0.39, 0.29) is 16.7 Å². The number of nitrogens with zero attached hydrogens (tertiary/aromatic N) is 3. The summed E-state index contributed by atoms with van der Waals surface area (Å²) in [7, 11) is 0. The third kappa shape index (κ3) is 3.17. The average Bonchev–Trinajstić information content (AvgIpc) is 3.45. The van der Waals surface area contributed by atoms with Crippen LogP contribution in [0, 0.1) is 13.8 Å². The molecule has 5 aromatic rings. The number of carbonyl (C=O) groups excluding carboxylic acids is 1. The van der Waals surface area contributed by atoms with Crippen LogP contribution in [0.15, 0.2) is 53.2 Å². The summed E-state index contributed by atoms with van der Waals surface area (Å²) in [5.74, 6) is -0.151. The van der Waals surface area contributed by atoms with Gasteiger partial charge < -0.3 is 4.42 Å². The standard InChI is InChI=1S/C22H16F2N4O2S/c1-11-14-8-7-13-5-3-4-6-15(13)17(14)30-16(11)20(29)27-22-26-12(2)18(31-22)19-25-9-10-28(19)21(23)24/h3-10,21H,1-2H3,(H,26,27,29). The lowest BCUT2D eigenvalue weighted by molar-refractivity contribution is 0.0720. The molecular formula is C22H16F2N4O2S. The van der Waals surface area contributed by atoms with Gasteiger partial charge in [0.25, 0.3) is 5.91 Å². The quantitative estimate of drug-likeness (QED) is 0.364. The lowest BCUT2D eigenvalue weighted by Crippen LogP contribution is -2.11. The molecule has 0 aliphatic rings. The summed E-state index contributed by atoms with van der Waals surface area (Å²) in [5.41, 5.74) is 1.87. The number of aryl methyl sites for hydroxylation is 2. The number of aromatic nitrogens is 3. The lowest BCUT2D eigenvalue weighted by atomic mass is 10.1. The Labute approximate surface area is 179 Å². The van der Waals surface area contributed by atoms with Gasteiger partial charge in [-0.15, -0.1) is 0 Å². The van der Waals surface area contributed by atoms with Crippen LogP contribution < -0.4 is 5.32 Å². The largest absolute Gasteiger partial charge is 0.450 e. The van der Waals surface area contributed by atoms with Crippen molar-refractivity contribution in [1.82, 2.24) is 14.5 Å². The second-order valence-corrected chi connectivity index (χ2v) is 8.04. The molecule has 0 aliphatic heterocycles. The van der Waals surface area contributed by atoms with Gasteiger partial charge in [-0.3, -0.25) is 14.7 Å². The van der Waals surface area contributed by atoms with Crippen molar-refractivity contribution < 1.29 is 18.0 Å². The molecule has 0 unspecified atom stereocenters. The molecule has 0 radical (unpaired) electrons. The van der Waals surface area contributed by atoms with Crippen LogP contribution in [0.4, 0.5) is 13.9 Å². The normalized spacial score (nSPS) is 11.6. The van der Waals surface area contributed by atoms with Crippen LogP contribution in [0.5, 0.6) is 0 Å². The van der Waals surface area contributed by atoms with E-state index in [0.29, 0.717) is 16.2 Å². The van der Waals surface area contributed by atoms with E-state index >= 15 is 0 Å². The molecule has 0 aliphatic carbocycles. The summed E-state index contributed by atoms with van der Waals surface area (Å²) >= 11 is 1.09. The molecule has 0 saturated carbocycles. The van der Waals surface area contributed by atoms with Gasteiger partial charge in [-0.25, -0.2) is 9.97 Å². The van der Waals surface area contributed by atoms with Gasteiger partial charge in [-0.2, -0.15) is 8.78 Å². The zero-order chi connectivity index (χ0) is 21.7. The van der Waals surface area contributed by atoms with Gasteiger partial charge in [0, 0.05) is 28.7 Å². The van der Waals surface area contributed by atoms with Gasteiger partial charge >= 0.3 is 6.55 Å². The topological polar surface area (TPSA) is 73.0 Å². The number of alkyl halides is 2. The number of hydrogen-bond donors (Lipinski definition) is 1. The van der Waals surface area contributed by atoms with Gasteiger partial charge in [0.1, 0.15) is 5.58 Å². The van der Waals surface area contributed by atoms with Crippen LogP contribution in [-0.2, 0) is 0 Å². The minimum atomic E-state index is -2.72. The van der Waals surface area contributed by atoms with Crippen LogP contribution in [0.3, 0.4) is 0 Å². The first-order valence-corrected chi connectivity index (χ1v) is 10.3. The zero-order valence-corrected chi connectivity index (χ0v) is 17.3. The molecule has 3 aromatic heterocycles. The Bertz CT molecular complexity index is 1450. The highest BCUT2D eigenvalue weighted by Gasteiger charge is 2.23. The fourth-order valence-electron chi connectivity index (χ4n) is 3.62. The SMILES string of the molecule is Cc1nc(NC(=O)c2oc3c(ccc4ccccc43)c2C)sc1-c1nccn1C(F)F. The minimum Gasteiger partial charge on any atom is -0.450 e. The number of imidazole rings is 1. The summed E-state index contributed by atoms with van der Waals surface area (Å²) in [6.07, 6.45) is 2.51. The molecule has 2 aromatic carbocycles. The molecule has 3 heterocycles. The van der Waals surface area contributed by atoms with E-state index in [1.807, 2.05) is 43.3 Å². The van der Waals surface area contributed by atoms with E-state index in [1.54, 1.807) is 6.92 Å². The number of nitrogens with one attached hydrogen (secondary N) is 1. The minimum absolute atomic E-state index is 0.108. The number of hydrogen-bond acceptors (Lipinski definition) is 5. The first kappa shape index (κ1) is 19.4. The Balaban J connectivity index is 1.50. The molecule has 0 spiro atoms. The van der Waals surface area contributed by atoms with Gasteiger partial charge in [0.2, 0.25) is 0 Å². The molecule has 1 amide bonds. The number of anilines is 1. The van der Waals surface area contributed by atoms with Crippen molar-refractivity contribution in [3.05, 3.63) is 65.8 Å². The maximum Gasteiger partial charge on any atom is 0.320 e. The fourth-order valence-corrected chi connectivity index (χ4v) is 4.59. The van der Waals surface area contributed by atoms with E-state index in [0.717, 1.165) is 37.6 Å². The summed E-state index contributed by atoms with van der Waals surface area (Å²) in [4.78, 5) is 21.7. The number of fused-ring (bicyclic) bond motifs is 3. The van der Waals surface area contributed by atoms with E-state index in [1.165, 1.54) is 12.4 Å². The maximum atomic E-state index is 13.2. The highest BCUT2D eigenvalue weighted by Crippen LogP contribution is 2.35. The van der Waals surface area contributed by atoms with Crippen molar-refractivity contribution >= 4 is 44.1 Å². The Kier molecular flexibility index (Phi) is 4.55. The van der Waals surface area contributed by atoms with Crippen LogP contribution >= 0.6 is 11.3 Å². The molecular weight excluding hydrogens is 422 g/mol. The van der Waals surface area contributed by atoms with Crippen molar-refractivity contribution in [1.29, 1.82) is 0 Å². The molecule has 6 nitrogen and oxygen atoms in total. The summed E-state index contributed by atoms with van der Waals surface area (Å²) < 4.78 is 33.1. The maximum absolute atomic E-state index is 13.2. The van der Waals surface area contributed by atoms with Gasteiger partial charge in [-0.05, 0) is 19.2 Å². The number of furan rings is 1. The average molecular weight is 438 g/mol. The van der Waals surface area contributed by atoms with Gasteiger partial charge in [0.05, 0.1) is 10.6 Å². The highest BCUT2D eigenvalue weighted by atomic mass is 32.1. The lowest BCUT2D eigenvalue weighted by Gasteiger charge is -2.04. The van der Waals surface area contributed by atoms with E-state index < -0.39 is 12.5 Å². The summed E-state index contributed by atoms with van der Waals surface area (Å²) in [6, 6.07) is 11.7. The smallest absolute Gasteiger partial charge is 0.320 e. The monoisotopic (exact) mass is 438 g/mol. The molecule has 1 N–H and O–H groups in total. The van der Waals surface area contributed by atoms with Crippen molar-refractivity contribution in [2.45, 2.75) is 20.4 Å². The molecule has 0 bridgehead atoms. The van der Waals surface area contributed by atoms with Gasteiger partial charge in [0.15, 0.2) is 16.7 Å². The molecule has 5 rings (SSSR count). The van der Waals surface area contributed by atoms with Crippen LogP contribution in [0.1, 0.15) is 28.4 Å². The number of carbonyl (C=O) groups is 1. The Morgan fingerprint density at radius 1 is 1.16 bits per heavy atom. The number of halogens is 2. The Morgan fingerprint density at radius 2 is 1.97 bits per heavy atom. The molecule has 156 valence electrons. The van der Waals surface area contributed by atoms with Crippen molar-refractivity contribution in [2.24, 2.45) is 0 Å². The molecule has 0 fully saturated rings. The Morgan fingerprint density at radius 3 is 2.77 bits per heavy atom. The number of rotatable bonds is 4. The molecule has 9 heteroatoms. The number of amides is 1. The fraction of sp³-hybridized carbons (Fsp3) is 0.136. The first-order valence-electron chi connectivity index (χ1n) is 9.45. The van der Waals surface area contributed by atoms with E-state index in [9.17, 15) is 13.6 Å². The molecule has 31 heavy (non-hydrogen) atoms. The zero-order valence-electron chi connectivity index (χ0n) is 16.5. The van der Waals surface area contributed by atoms with Crippen LogP contribution in [0.2, 0.25) is 0 Å². The van der Waals surface area contributed by atoms with Crippen molar-refractivity contribution in [2.75, 3.05) is 5.32 Å². The van der Waals surface area contributed by atoms with Crippen molar-refractivity contribution in [3.63, 3.8) is 0 Å². The predicted molar refractivity (Wildman–Crippen MR) is 116 cm³/mol. The summed E-state index contributed by atoms with van der Waals surface area (Å²) in [6.45, 7) is 0.794. The van der Waals surface area contributed by atoms with Gasteiger partial charge in [-0.1, -0.05) is 47.7 Å². The van der Waals surface area contributed by atoms with Crippen LogP contribution in [-0.4, -0.2) is 20.4 Å². The number of thiazole rings is 1. The molecule has 0 saturated heterocycles.